The molecule has 24 heavy (non-hydrogen) atoms. The summed E-state index contributed by atoms with van der Waals surface area (Å²) >= 11 is 0. The van der Waals surface area contributed by atoms with Gasteiger partial charge in [0.2, 0.25) is 5.90 Å². The molecule has 4 atom stereocenters. The third-order valence-corrected chi connectivity index (χ3v) is 4.77. The summed E-state index contributed by atoms with van der Waals surface area (Å²) in [4.78, 5) is 4.75. The van der Waals surface area contributed by atoms with Crippen LogP contribution in [-0.4, -0.2) is 37.9 Å². The van der Waals surface area contributed by atoms with E-state index in [1.54, 1.807) is 7.11 Å². The summed E-state index contributed by atoms with van der Waals surface area (Å²) in [7, 11) is 1.71. The number of unbranched alkanes of at least 4 members (excludes halogenated alkanes) is 4. The first-order valence-corrected chi connectivity index (χ1v) is 9.27. The van der Waals surface area contributed by atoms with Gasteiger partial charge in [-0.15, -0.1) is 0 Å². The molecule has 2 aliphatic rings. The van der Waals surface area contributed by atoms with E-state index in [1.165, 1.54) is 32.1 Å². The molecule has 0 radical (unpaired) electrons. The second-order valence-corrected chi connectivity index (χ2v) is 6.74. The van der Waals surface area contributed by atoms with Gasteiger partial charge in [-0.1, -0.05) is 69.4 Å². The minimum Gasteiger partial charge on any atom is -0.468 e. The molecule has 132 valence electrons. The normalized spacial score (nSPS) is 28.5. The summed E-state index contributed by atoms with van der Waals surface area (Å²) in [5.74, 6) is 0.768. The Bertz CT molecular complexity index is 531. The van der Waals surface area contributed by atoms with Crippen molar-refractivity contribution in [2.45, 2.75) is 69.8 Å². The lowest BCUT2D eigenvalue weighted by molar-refractivity contribution is 0.118. The molecule has 1 aromatic carbocycles. The number of ether oxygens (including phenoxy) is 3. The lowest BCUT2D eigenvalue weighted by Crippen LogP contribution is -2.19. The third-order valence-electron chi connectivity index (χ3n) is 4.77. The Balaban J connectivity index is 1.51. The molecule has 2 aliphatic heterocycles. The highest BCUT2D eigenvalue weighted by Gasteiger charge is 2.48. The van der Waals surface area contributed by atoms with Crippen molar-refractivity contribution < 1.29 is 14.2 Å². The van der Waals surface area contributed by atoms with Crippen LogP contribution in [0.1, 0.15) is 57.1 Å². The van der Waals surface area contributed by atoms with Crippen molar-refractivity contribution in [1.82, 2.24) is 0 Å². The van der Waals surface area contributed by atoms with Gasteiger partial charge >= 0.3 is 0 Å². The smallest absolute Gasteiger partial charge is 0.217 e. The fourth-order valence-electron chi connectivity index (χ4n) is 3.37. The van der Waals surface area contributed by atoms with Gasteiger partial charge in [0.05, 0.1) is 12.7 Å². The summed E-state index contributed by atoms with van der Waals surface area (Å²) in [5, 5.41) is 0. The molecule has 0 amide bonds. The number of aliphatic imine (C=N–C) groups is 1. The van der Waals surface area contributed by atoms with Gasteiger partial charge in [-0.05, 0) is 12.0 Å². The van der Waals surface area contributed by atoms with E-state index in [4.69, 9.17) is 19.2 Å². The summed E-state index contributed by atoms with van der Waals surface area (Å²) in [6.07, 6.45) is 7.89. The number of hydrogen-bond acceptors (Lipinski definition) is 4. The van der Waals surface area contributed by atoms with Crippen LogP contribution in [0.5, 0.6) is 0 Å². The van der Waals surface area contributed by atoms with E-state index in [2.05, 4.69) is 19.1 Å². The first-order valence-electron chi connectivity index (χ1n) is 9.27. The Kier molecular flexibility index (Phi) is 6.27. The lowest BCUT2D eigenvalue weighted by atomic mass is 10.0. The van der Waals surface area contributed by atoms with Gasteiger partial charge in [0, 0.05) is 7.11 Å². The number of nitrogens with zero attached hydrogens (tertiary/aromatic N) is 1. The van der Waals surface area contributed by atoms with E-state index in [0.717, 1.165) is 17.9 Å². The van der Waals surface area contributed by atoms with Crippen molar-refractivity contribution in [2.75, 3.05) is 13.7 Å². The molecule has 0 N–H and O–H groups in total. The van der Waals surface area contributed by atoms with E-state index < -0.39 is 0 Å². The van der Waals surface area contributed by atoms with Crippen LogP contribution < -0.4 is 0 Å². The summed E-state index contributed by atoms with van der Waals surface area (Å²) < 4.78 is 17.3. The fraction of sp³-hybridized carbons (Fsp3) is 0.650. The number of epoxide rings is 1. The standard InChI is InChI=1S/C20H29NO3/c1-3-4-5-6-10-13-17-19(23-17)20-21-16(14-22-2)18(24-20)15-11-8-7-9-12-15/h7-9,11-12,16-19H,3-6,10,13-14H2,1-2H3/t16-,17+,18-,19-/m0/s1. The topological polar surface area (TPSA) is 43.4 Å². The number of benzene rings is 1. The van der Waals surface area contributed by atoms with Crippen molar-refractivity contribution >= 4 is 5.90 Å². The molecule has 4 heteroatoms. The van der Waals surface area contributed by atoms with E-state index in [-0.39, 0.29) is 18.2 Å². The maximum absolute atomic E-state index is 6.16. The largest absolute Gasteiger partial charge is 0.468 e. The molecular formula is C20H29NO3. The summed E-state index contributed by atoms with van der Waals surface area (Å²) in [6.45, 7) is 2.81. The van der Waals surface area contributed by atoms with Gasteiger partial charge in [-0.3, -0.25) is 0 Å². The van der Waals surface area contributed by atoms with Gasteiger partial charge in [-0.2, -0.15) is 0 Å². The van der Waals surface area contributed by atoms with Crippen molar-refractivity contribution in [3.8, 4) is 0 Å². The van der Waals surface area contributed by atoms with Crippen molar-refractivity contribution in [1.29, 1.82) is 0 Å². The number of methoxy groups -OCH3 is 1. The second-order valence-electron chi connectivity index (χ2n) is 6.74. The minimum atomic E-state index is -0.0597. The molecule has 3 rings (SSSR count). The molecule has 1 aromatic rings. The van der Waals surface area contributed by atoms with Crippen LogP contribution in [-0.2, 0) is 14.2 Å². The molecule has 0 spiro atoms. The van der Waals surface area contributed by atoms with E-state index in [9.17, 15) is 0 Å². The maximum atomic E-state index is 6.16. The van der Waals surface area contributed by atoms with Crippen LogP contribution in [0.3, 0.4) is 0 Å². The highest BCUT2D eigenvalue weighted by molar-refractivity contribution is 5.85. The Labute approximate surface area is 145 Å². The van der Waals surface area contributed by atoms with Crippen LogP contribution in [0, 0.1) is 0 Å². The summed E-state index contributed by atoms with van der Waals surface area (Å²) in [6, 6.07) is 10.3. The van der Waals surface area contributed by atoms with Crippen LogP contribution >= 0.6 is 0 Å². The molecule has 0 aromatic heterocycles. The molecule has 2 heterocycles. The Morgan fingerprint density at radius 3 is 2.58 bits per heavy atom. The van der Waals surface area contributed by atoms with Gasteiger partial charge in [0.1, 0.15) is 12.1 Å². The number of hydrogen-bond donors (Lipinski definition) is 0. The van der Waals surface area contributed by atoms with Crippen molar-refractivity contribution in [2.24, 2.45) is 4.99 Å². The van der Waals surface area contributed by atoms with Gasteiger partial charge in [-0.25, -0.2) is 4.99 Å². The Morgan fingerprint density at radius 1 is 1.04 bits per heavy atom. The first-order chi connectivity index (χ1) is 11.8. The molecule has 0 unspecified atom stereocenters. The zero-order valence-corrected chi connectivity index (χ0v) is 14.8. The molecule has 0 saturated carbocycles. The highest BCUT2D eigenvalue weighted by atomic mass is 16.6. The quantitative estimate of drug-likeness (QED) is 0.474. The monoisotopic (exact) mass is 331 g/mol. The molecular weight excluding hydrogens is 302 g/mol. The van der Waals surface area contributed by atoms with E-state index in [1.807, 2.05) is 18.2 Å². The lowest BCUT2D eigenvalue weighted by Gasteiger charge is -2.17. The van der Waals surface area contributed by atoms with Crippen molar-refractivity contribution in [3.05, 3.63) is 35.9 Å². The predicted molar refractivity (Wildman–Crippen MR) is 95.4 cm³/mol. The average molecular weight is 331 g/mol. The zero-order valence-electron chi connectivity index (χ0n) is 14.8. The van der Waals surface area contributed by atoms with Gasteiger partial charge in [0.25, 0.3) is 0 Å². The minimum absolute atomic E-state index is 0.0156. The Hall–Kier alpha value is -1.39. The molecule has 1 fully saturated rings. The molecule has 0 bridgehead atoms. The first kappa shape index (κ1) is 17.4. The fourth-order valence-corrected chi connectivity index (χ4v) is 3.37. The van der Waals surface area contributed by atoms with Crippen LogP contribution in [0.4, 0.5) is 0 Å². The average Bonchev–Trinajstić information content (AvgIpc) is 3.26. The van der Waals surface area contributed by atoms with E-state index in [0.29, 0.717) is 12.7 Å². The molecule has 4 nitrogen and oxygen atoms in total. The van der Waals surface area contributed by atoms with Crippen LogP contribution in [0.15, 0.2) is 35.3 Å². The Morgan fingerprint density at radius 2 is 1.83 bits per heavy atom. The van der Waals surface area contributed by atoms with Crippen molar-refractivity contribution in [3.63, 3.8) is 0 Å². The van der Waals surface area contributed by atoms with Gasteiger partial charge < -0.3 is 14.2 Å². The zero-order chi connectivity index (χ0) is 16.8. The molecule has 0 aliphatic carbocycles. The van der Waals surface area contributed by atoms with Gasteiger partial charge in [0.15, 0.2) is 6.10 Å². The highest BCUT2D eigenvalue weighted by Crippen LogP contribution is 2.37. The SMILES string of the molecule is CCCCCCC[C@H]1O[C@@H]1C1=N[C@@H](COC)[C@H](c2ccccc2)O1. The maximum Gasteiger partial charge on any atom is 0.217 e. The van der Waals surface area contributed by atoms with Crippen LogP contribution in [0.25, 0.3) is 0 Å². The van der Waals surface area contributed by atoms with E-state index >= 15 is 0 Å². The van der Waals surface area contributed by atoms with Crippen LogP contribution in [0.2, 0.25) is 0 Å². The predicted octanol–water partition coefficient (Wildman–Crippen LogP) is 4.30. The number of rotatable bonds is 10. The summed E-state index contributed by atoms with van der Waals surface area (Å²) in [5.41, 5.74) is 1.15. The second kappa shape index (κ2) is 8.63. The third kappa shape index (κ3) is 4.37. The molecule has 1 saturated heterocycles.